The lowest BCUT2D eigenvalue weighted by atomic mass is 9.99. The fourth-order valence-electron chi connectivity index (χ4n) is 5.89. The Labute approximate surface area is 250 Å². The van der Waals surface area contributed by atoms with Crippen molar-refractivity contribution in [2.75, 3.05) is 0 Å². The summed E-state index contributed by atoms with van der Waals surface area (Å²) in [6.45, 7) is 0. The Kier molecular flexibility index (Phi) is 6.12. The van der Waals surface area contributed by atoms with Crippen molar-refractivity contribution < 1.29 is 0 Å². The minimum Gasteiger partial charge on any atom is -0.212 e. The predicted octanol–water partition coefficient (Wildman–Crippen LogP) is 10.2. The molecule has 1 aromatic heterocycles. The second kappa shape index (κ2) is 10.6. The molecule has 0 fully saturated rings. The molecule has 0 spiro atoms. The molecular formula is C40H27N3. The molecule has 8 aromatic rings. The average molecular weight is 550 g/mol. The van der Waals surface area contributed by atoms with Crippen molar-refractivity contribution in [2.45, 2.75) is 0 Å². The summed E-state index contributed by atoms with van der Waals surface area (Å²) in [4.78, 5) is 5.18. The lowest BCUT2D eigenvalue weighted by Gasteiger charge is -2.11. The summed E-state index contributed by atoms with van der Waals surface area (Å²) in [7, 11) is 0. The van der Waals surface area contributed by atoms with Crippen molar-refractivity contribution >= 4 is 21.5 Å². The first-order valence-electron chi connectivity index (χ1n) is 14.5. The van der Waals surface area contributed by atoms with E-state index in [2.05, 4.69) is 158 Å². The first kappa shape index (κ1) is 25.0. The van der Waals surface area contributed by atoms with Gasteiger partial charge in [0.25, 0.3) is 0 Å². The zero-order valence-electron chi connectivity index (χ0n) is 23.4. The molecule has 43 heavy (non-hydrogen) atoms. The number of fused-ring (bicyclic) bond motifs is 2. The normalized spacial score (nSPS) is 11.3. The van der Waals surface area contributed by atoms with Gasteiger partial charge >= 0.3 is 0 Å². The average Bonchev–Trinajstić information content (AvgIpc) is 3.53. The molecule has 0 unspecified atom stereocenters. The van der Waals surface area contributed by atoms with E-state index < -0.39 is 0 Å². The monoisotopic (exact) mass is 549 g/mol. The van der Waals surface area contributed by atoms with Gasteiger partial charge in [0, 0.05) is 16.5 Å². The molecule has 0 aliphatic carbocycles. The maximum atomic E-state index is 5.18. The van der Waals surface area contributed by atoms with Crippen molar-refractivity contribution in [3.05, 3.63) is 164 Å². The first-order chi connectivity index (χ1) is 21.3. The van der Waals surface area contributed by atoms with Gasteiger partial charge in [-0.05, 0) is 44.5 Å². The second-order valence-corrected chi connectivity index (χ2v) is 10.7. The number of nitrogens with zero attached hydrogens (tertiary/aromatic N) is 3. The quantitative estimate of drug-likeness (QED) is 0.214. The molecule has 0 amide bonds. The molecule has 3 heteroatoms. The fourth-order valence-corrected chi connectivity index (χ4v) is 5.89. The maximum Gasteiger partial charge on any atom is 0.182 e. The lowest BCUT2D eigenvalue weighted by Crippen LogP contribution is -2.01. The molecule has 202 valence electrons. The molecule has 3 nitrogen and oxygen atoms in total. The van der Waals surface area contributed by atoms with Crippen molar-refractivity contribution in [3.63, 3.8) is 0 Å². The third-order valence-electron chi connectivity index (χ3n) is 8.10. The van der Waals surface area contributed by atoms with E-state index in [-0.39, 0.29) is 0 Å². The van der Waals surface area contributed by atoms with Crippen LogP contribution in [-0.2, 0) is 0 Å². The van der Waals surface area contributed by atoms with Crippen LogP contribution in [0, 0.1) is 0 Å². The van der Waals surface area contributed by atoms with Crippen LogP contribution in [0.2, 0.25) is 0 Å². The summed E-state index contributed by atoms with van der Waals surface area (Å²) < 4.78 is 2.01. The van der Waals surface area contributed by atoms with Crippen LogP contribution in [0.5, 0.6) is 0 Å². The molecule has 7 aromatic carbocycles. The minimum atomic E-state index is 0.696. The van der Waals surface area contributed by atoms with E-state index in [4.69, 9.17) is 10.1 Å². The molecule has 0 atom stereocenters. The van der Waals surface area contributed by atoms with Crippen molar-refractivity contribution in [1.29, 1.82) is 0 Å². The highest BCUT2D eigenvalue weighted by Gasteiger charge is 2.18. The Hall–Kier alpha value is -5.80. The summed E-state index contributed by atoms with van der Waals surface area (Å²) in [5.74, 6) is 1.52. The molecule has 0 aliphatic heterocycles. The third kappa shape index (κ3) is 4.58. The van der Waals surface area contributed by atoms with Gasteiger partial charge in [0.05, 0.1) is 5.69 Å². The largest absolute Gasteiger partial charge is 0.212 e. The molecule has 8 rings (SSSR count). The number of aromatic nitrogens is 3. The van der Waals surface area contributed by atoms with Gasteiger partial charge in [-0.25, -0.2) is 9.67 Å². The first-order valence-corrected chi connectivity index (χ1v) is 14.5. The van der Waals surface area contributed by atoms with Crippen LogP contribution in [0.3, 0.4) is 0 Å². The summed E-state index contributed by atoms with van der Waals surface area (Å²) in [6.07, 6.45) is 0. The Morgan fingerprint density at radius 3 is 1.53 bits per heavy atom. The van der Waals surface area contributed by atoms with Crippen molar-refractivity contribution in [3.8, 4) is 50.7 Å². The smallest absolute Gasteiger partial charge is 0.182 e. The highest BCUT2D eigenvalue weighted by molar-refractivity contribution is 5.97. The van der Waals surface area contributed by atoms with Crippen LogP contribution in [0.4, 0.5) is 0 Å². The Balaban J connectivity index is 1.22. The highest BCUT2D eigenvalue weighted by atomic mass is 15.4. The van der Waals surface area contributed by atoms with E-state index in [0.717, 1.165) is 39.0 Å². The molecule has 0 saturated heterocycles. The van der Waals surface area contributed by atoms with Crippen LogP contribution < -0.4 is 0 Å². The minimum absolute atomic E-state index is 0.696. The number of benzene rings is 7. The van der Waals surface area contributed by atoms with Crippen LogP contribution >= 0.6 is 0 Å². The zero-order chi connectivity index (χ0) is 28.6. The Morgan fingerprint density at radius 1 is 0.372 bits per heavy atom. The van der Waals surface area contributed by atoms with Crippen molar-refractivity contribution in [1.82, 2.24) is 14.8 Å². The van der Waals surface area contributed by atoms with Gasteiger partial charge in [-0.3, -0.25) is 0 Å². The highest BCUT2D eigenvalue weighted by Crippen LogP contribution is 2.34. The molecule has 0 saturated carbocycles. The van der Waals surface area contributed by atoms with E-state index in [1.807, 2.05) is 10.7 Å². The zero-order valence-corrected chi connectivity index (χ0v) is 23.4. The molecule has 0 aliphatic rings. The van der Waals surface area contributed by atoms with E-state index >= 15 is 0 Å². The summed E-state index contributed by atoms with van der Waals surface area (Å²) in [6, 6.07) is 57.4. The third-order valence-corrected chi connectivity index (χ3v) is 8.10. The molecule has 0 radical (unpaired) electrons. The Morgan fingerprint density at radius 2 is 0.860 bits per heavy atom. The van der Waals surface area contributed by atoms with Crippen LogP contribution in [-0.4, -0.2) is 14.8 Å². The van der Waals surface area contributed by atoms with Gasteiger partial charge in [-0.1, -0.05) is 158 Å². The van der Waals surface area contributed by atoms with Gasteiger partial charge in [0.1, 0.15) is 0 Å². The van der Waals surface area contributed by atoms with Gasteiger partial charge < -0.3 is 0 Å². The summed E-state index contributed by atoms with van der Waals surface area (Å²) >= 11 is 0. The predicted molar refractivity (Wildman–Crippen MR) is 178 cm³/mol. The van der Waals surface area contributed by atoms with Gasteiger partial charge in [0.15, 0.2) is 11.6 Å². The summed E-state index contributed by atoms with van der Waals surface area (Å²) in [5, 5.41) is 9.77. The summed E-state index contributed by atoms with van der Waals surface area (Å²) in [5.41, 5.74) is 7.81. The topological polar surface area (TPSA) is 30.7 Å². The van der Waals surface area contributed by atoms with Crippen LogP contribution in [0.25, 0.3) is 72.3 Å². The Bertz CT molecular complexity index is 2100. The molecule has 0 bridgehead atoms. The van der Waals surface area contributed by atoms with Gasteiger partial charge in [0.2, 0.25) is 0 Å². The number of hydrogen-bond donors (Lipinski definition) is 0. The number of rotatable bonds is 5. The van der Waals surface area contributed by atoms with E-state index in [0.29, 0.717) is 5.82 Å². The van der Waals surface area contributed by atoms with E-state index in [1.54, 1.807) is 0 Å². The van der Waals surface area contributed by atoms with E-state index in [1.165, 1.54) is 27.5 Å². The van der Waals surface area contributed by atoms with E-state index in [9.17, 15) is 0 Å². The number of hydrogen-bond acceptors (Lipinski definition) is 2. The maximum absolute atomic E-state index is 5.18. The van der Waals surface area contributed by atoms with Gasteiger partial charge in [-0.15, -0.1) is 5.10 Å². The second-order valence-electron chi connectivity index (χ2n) is 10.7. The molecule has 1 heterocycles. The standard InChI is InChI=1S/C40H27N3/c1-2-10-28(11-3-1)29-20-22-30(23-21-29)31-24-26-34(27-25-31)39-41-40(37-18-8-14-32-12-4-6-16-35(32)37)43(42-39)38-19-9-15-33-13-5-7-17-36(33)38/h1-27H. The van der Waals surface area contributed by atoms with Gasteiger partial charge in [-0.2, -0.15) is 0 Å². The van der Waals surface area contributed by atoms with Crippen molar-refractivity contribution in [2.24, 2.45) is 0 Å². The fraction of sp³-hybridized carbons (Fsp3) is 0. The SMILES string of the molecule is c1ccc(-c2ccc(-c3ccc(-c4nc(-c5cccc6ccccc56)n(-c5cccc6ccccc56)n4)cc3)cc2)cc1. The lowest BCUT2D eigenvalue weighted by molar-refractivity contribution is 0.898. The molecular weight excluding hydrogens is 522 g/mol. The van der Waals surface area contributed by atoms with Crippen LogP contribution in [0.1, 0.15) is 0 Å². The van der Waals surface area contributed by atoms with Crippen LogP contribution in [0.15, 0.2) is 164 Å². The molecule has 0 N–H and O–H groups in total.